The maximum absolute atomic E-state index is 11.8. The molecule has 1 aliphatic heterocycles. The van der Waals surface area contributed by atoms with Crippen molar-refractivity contribution in [2.45, 2.75) is 12.8 Å². The summed E-state index contributed by atoms with van der Waals surface area (Å²) in [5.74, 6) is -1.71. The molecule has 0 atom stereocenters. The molecule has 1 N–H and O–H groups in total. The summed E-state index contributed by atoms with van der Waals surface area (Å²) in [6.45, 7) is -0.0440. The van der Waals surface area contributed by atoms with Gasteiger partial charge in [-0.2, -0.15) is 0 Å². The molecule has 0 saturated carbocycles. The second-order valence-corrected chi connectivity index (χ2v) is 4.43. The number of aliphatic carboxylic acids is 1. The highest BCUT2D eigenvalue weighted by Crippen LogP contribution is 2.08. The molecule has 0 aromatic rings. The van der Waals surface area contributed by atoms with Gasteiger partial charge in [0.2, 0.25) is 5.91 Å². The van der Waals surface area contributed by atoms with E-state index in [1.165, 1.54) is 23.9 Å². The molecule has 1 saturated heterocycles. The summed E-state index contributed by atoms with van der Waals surface area (Å²) < 4.78 is 0. The normalized spacial score (nSPS) is 15.1. The Hall–Kier alpha value is -2.12. The third kappa shape index (κ3) is 3.94. The molecule has 0 aromatic carbocycles. The zero-order chi connectivity index (χ0) is 14.6. The molecule has 0 radical (unpaired) electrons. The molecule has 0 aromatic heterocycles. The highest BCUT2D eigenvalue weighted by Gasteiger charge is 2.35. The van der Waals surface area contributed by atoms with Crippen molar-refractivity contribution >= 4 is 23.8 Å². The molecule has 0 bridgehead atoms. The molecule has 19 heavy (non-hydrogen) atoms. The minimum atomic E-state index is -0.924. The van der Waals surface area contributed by atoms with E-state index in [0.717, 1.165) is 4.90 Å². The molecule has 0 spiro atoms. The number of carboxylic acid groups (broad SMARTS) is 1. The topological polar surface area (TPSA) is 98.2 Å². The van der Waals surface area contributed by atoms with Crippen molar-refractivity contribution in [1.29, 1.82) is 0 Å². The van der Waals surface area contributed by atoms with Crippen LogP contribution in [0.3, 0.4) is 0 Å². The molecule has 1 aliphatic rings. The predicted octanol–water partition coefficient (Wildman–Crippen LogP) is -0.796. The number of rotatable bonds is 6. The first-order valence-corrected chi connectivity index (χ1v) is 5.84. The van der Waals surface area contributed by atoms with Crippen molar-refractivity contribution in [3.8, 4) is 0 Å². The minimum absolute atomic E-state index is 0.0190. The fraction of sp³-hybridized carbons (Fsp3) is 0.636. The lowest BCUT2D eigenvalue weighted by Gasteiger charge is -2.20. The number of likely N-dealkylation sites (N-methyl/N-ethyl adjacent to an activating group) is 2. The first kappa shape index (κ1) is 14.9. The van der Waals surface area contributed by atoms with Crippen molar-refractivity contribution in [1.82, 2.24) is 14.7 Å². The lowest BCUT2D eigenvalue weighted by molar-refractivity contribution is -0.138. The maximum atomic E-state index is 11.8. The lowest BCUT2D eigenvalue weighted by Crippen LogP contribution is -2.42. The molecular formula is C11H17N3O5. The first-order chi connectivity index (χ1) is 8.82. The number of hydrogen-bond donors (Lipinski definition) is 1. The number of amides is 4. The van der Waals surface area contributed by atoms with Crippen molar-refractivity contribution < 1.29 is 24.3 Å². The van der Waals surface area contributed by atoms with Crippen LogP contribution in [-0.4, -0.2) is 77.4 Å². The van der Waals surface area contributed by atoms with Crippen LogP contribution >= 0.6 is 0 Å². The number of hydrogen-bond acceptors (Lipinski definition) is 4. The van der Waals surface area contributed by atoms with Crippen LogP contribution in [-0.2, 0) is 14.4 Å². The minimum Gasteiger partial charge on any atom is -0.481 e. The Bertz CT molecular complexity index is 409. The molecule has 8 heteroatoms. The number of carbonyl (C=O) groups is 4. The van der Waals surface area contributed by atoms with E-state index < -0.39 is 17.9 Å². The van der Waals surface area contributed by atoms with Crippen LogP contribution in [0.2, 0.25) is 0 Å². The second-order valence-electron chi connectivity index (χ2n) is 4.43. The van der Waals surface area contributed by atoms with Crippen LogP contribution in [0.15, 0.2) is 0 Å². The summed E-state index contributed by atoms with van der Waals surface area (Å²) in [5, 5.41) is 8.49. The largest absolute Gasteiger partial charge is 0.481 e. The van der Waals surface area contributed by atoms with E-state index >= 15 is 0 Å². The van der Waals surface area contributed by atoms with E-state index in [0.29, 0.717) is 6.42 Å². The summed E-state index contributed by atoms with van der Waals surface area (Å²) in [7, 11) is 3.00. The highest BCUT2D eigenvalue weighted by atomic mass is 16.4. The molecule has 1 rings (SSSR count). The fourth-order valence-electron chi connectivity index (χ4n) is 1.67. The number of urea groups is 1. The Morgan fingerprint density at radius 2 is 2.00 bits per heavy atom. The molecule has 8 nitrogen and oxygen atoms in total. The van der Waals surface area contributed by atoms with Gasteiger partial charge in [0.1, 0.15) is 13.1 Å². The van der Waals surface area contributed by atoms with Gasteiger partial charge in [-0.3, -0.25) is 19.3 Å². The van der Waals surface area contributed by atoms with E-state index in [-0.39, 0.29) is 32.0 Å². The Labute approximate surface area is 110 Å². The van der Waals surface area contributed by atoms with Gasteiger partial charge in [-0.15, -0.1) is 0 Å². The van der Waals surface area contributed by atoms with Gasteiger partial charge in [0.05, 0.1) is 0 Å². The van der Waals surface area contributed by atoms with Gasteiger partial charge in [-0.05, 0) is 6.42 Å². The third-order valence-corrected chi connectivity index (χ3v) is 2.83. The van der Waals surface area contributed by atoms with Gasteiger partial charge in [-0.25, -0.2) is 4.79 Å². The maximum Gasteiger partial charge on any atom is 0.327 e. The standard InChI is InChI=1S/C11H17N3O5/c1-12(5-3-4-10(17)18)8(15)7-14-9(16)6-13(2)11(14)19/h3-7H2,1-2H3,(H,17,18). The van der Waals surface area contributed by atoms with Gasteiger partial charge in [-0.1, -0.05) is 0 Å². The van der Waals surface area contributed by atoms with Crippen LogP contribution in [0.4, 0.5) is 4.79 Å². The van der Waals surface area contributed by atoms with E-state index in [4.69, 9.17) is 5.11 Å². The quantitative estimate of drug-likeness (QED) is 0.638. The molecule has 1 heterocycles. The average Bonchev–Trinajstić information content (AvgIpc) is 2.55. The third-order valence-electron chi connectivity index (χ3n) is 2.83. The number of nitrogens with zero attached hydrogens (tertiary/aromatic N) is 3. The van der Waals surface area contributed by atoms with Crippen molar-refractivity contribution in [3.63, 3.8) is 0 Å². The Morgan fingerprint density at radius 1 is 1.37 bits per heavy atom. The summed E-state index contributed by atoms with van der Waals surface area (Å²) >= 11 is 0. The Balaban J connectivity index is 2.44. The summed E-state index contributed by atoms with van der Waals surface area (Å²) in [5.41, 5.74) is 0. The highest BCUT2D eigenvalue weighted by molar-refractivity contribution is 6.04. The number of imide groups is 1. The molecule has 0 unspecified atom stereocenters. The van der Waals surface area contributed by atoms with Gasteiger partial charge in [0, 0.05) is 27.1 Å². The van der Waals surface area contributed by atoms with E-state index in [9.17, 15) is 19.2 Å². The van der Waals surface area contributed by atoms with Crippen LogP contribution in [0.1, 0.15) is 12.8 Å². The fourth-order valence-corrected chi connectivity index (χ4v) is 1.67. The zero-order valence-electron chi connectivity index (χ0n) is 11.0. The number of carbonyl (C=O) groups excluding carboxylic acids is 3. The molecular weight excluding hydrogens is 254 g/mol. The molecule has 0 aliphatic carbocycles. The SMILES string of the molecule is CN(CCCC(=O)O)C(=O)CN1C(=O)CN(C)C1=O. The van der Waals surface area contributed by atoms with Crippen LogP contribution in [0.25, 0.3) is 0 Å². The lowest BCUT2D eigenvalue weighted by atomic mass is 10.3. The van der Waals surface area contributed by atoms with E-state index in [1.807, 2.05) is 0 Å². The van der Waals surface area contributed by atoms with Crippen molar-refractivity contribution in [3.05, 3.63) is 0 Å². The van der Waals surface area contributed by atoms with Crippen LogP contribution in [0.5, 0.6) is 0 Å². The summed E-state index contributed by atoms with van der Waals surface area (Å²) in [6, 6.07) is -0.489. The van der Waals surface area contributed by atoms with Crippen LogP contribution < -0.4 is 0 Å². The summed E-state index contributed by atoms with van der Waals surface area (Å²) in [6.07, 6.45) is 0.307. The Kier molecular flexibility index (Phi) is 4.85. The van der Waals surface area contributed by atoms with Crippen LogP contribution in [0, 0.1) is 0 Å². The Morgan fingerprint density at radius 3 is 2.47 bits per heavy atom. The monoisotopic (exact) mass is 271 g/mol. The van der Waals surface area contributed by atoms with Gasteiger partial charge in [0.15, 0.2) is 0 Å². The van der Waals surface area contributed by atoms with Crippen molar-refractivity contribution in [2.75, 3.05) is 33.7 Å². The second kappa shape index (κ2) is 6.17. The predicted molar refractivity (Wildman–Crippen MR) is 64.2 cm³/mol. The van der Waals surface area contributed by atoms with E-state index in [1.54, 1.807) is 0 Å². The smallest absolute Gasteiger partial charge is 0.327 e. The zero-order valence-corrected chi connectivity index (χ0v) is 11.0. The van der Waals surface area contributed by atoms with Crippen molar-refractivity contribution in [2.24, 2.45) is 0 Å². The molecule has 1 fully saturated rings. The summed E-state index contributed by atoms with van der Waals surface area (Å²) in [4.78, 5) is 48.6. The number of carboxylic acids is 1. The van der Waals surface area contributed by atoms with E-state index in [2.05, 4.69) is 0 Å². The average molecular weight is 271 g/mol. The van der Waals surface area contributed by atoms with Gasteiger partial charge >= 0.3 is 12.0 Å². The first-order valence-electron chi connectivity index (χ1n) is 5.84. The molecule has 4 amide bonds. The molecule has 106 valence electrons. The van der Waals surface area contributed by atoms with Gasteiger partial charge < -0.3 is 14.9 Å². The van der Waals surface area contributed by atoms with Gasteiger partial charge in [0.25, 0.3) is 5.91 Å².